The van der Waals surface area contributed by atoms with Crippen LogP contribution >= 0.6 is 0 Å². The molecule has 3 unspecified atom stereocenters. The Morgan fingerprint density at radius 3 is 2.92 bits per heavy atom. The van der Waals surface area contributed by atoms with Crippen LogP contribution in [0.5, 0.6) is 0 Å². The van der Waals surface area contributed by atoms with Crippen LogP contribution in [0.2, 0.25) is 0 Å². The van der Waals surface area contributed by atoms with E-state index in [0.29, 0.717) is 31.1 Å². The highest BCUT2D eigenvalue weighted by atomic mass is 16.5. The molecule has 2 fully saturated rings. The Morgan fingerprint density at radius 2 is 2.24 bits per heavy atom. The monoisotopic (exact) mass is 347 g/mol. The lowest BCUT2D eigenvalue weighted by atomic mass is 9.94. The number of nitriles is 1. The Balaban J connectivity index is 1.67. The molecule has 7 heteroatoms. The molecule has 0 spiro atoms. The minimum absolute atomic E-state index is 0.0486. The van der Waals surface area contributed by atoms with Crippen molar-refractivity contribution >= 4 is 11.8 Å². The van der Waals surface area contributed by atoms with Crippen molar-refractivity contribution < 1.29 is 19.1 Å². The Kier molecular flexibility index (Phi) is 5.42. The summed E-state index contributed by atoms with van der Waals surface area (Å²) in [6.45, 7) is 5.54. The highest BCUT2D eigenvalue weighted by Gasteiger charge is 2.38. The molecule has 2 N–H and O–H groups in total. The maximum atomic E-state index is 12.5. The fraction of sp³-hybridized carbons (Fsp3) is 0.667. The van der Waals surface area contributed by atoms with Crippen LogP contribution in [0.4, 0.5) is 5.88 Å². The summed E-state index contributed by atoms with van der Waals surface area (Å²) in [6.07, 6.45) is 2.47. The van der Waals surface area contributed by atoms with Crippen LogP contribution in [0.25, 0.3) is 0 Å². The third-order valence-electron chi connectivity index (χ3n) is 5.40. The Hall–Kier alpha value is -1.88. The number of nitrogens with one attached hydrogen (secondary N) is 1. The number of carbonyl (C=O) groups is 1. The van der Waals surface area contributed by atoms with E-state index in [4.69, 9.17) is 9.15 Å². The van der Waals surface area contributed by atoms with Crippen LogP contribution in [0.15, 0.2) is 4.42 Å². The molecule has 0 radical (unpaired) electrons. The van der Waals surface area contributed by atoms with Crippen LogP contribution in [0.1, 0.15) is 36.1 Å². The fourth-order valence-electron chi connectivity index (χ4n) is 3.87. The molecule has 7 nitrogen and oxygen atoms in total. The number of furan rings is 1. The zero-order valence-electron chi connectivity index (χ0n) is 14.7. The largest absolute Gasteiger partial charge is 0.444 e. The highest BCUT2D eigenvalue weighted by Crippen LogP contribution is 2.32. The molecule has 1 saturated carbocycles. The van der Waals surface area contributed by atoms with E-state index in [1.165, 1.54) is 0 Å². The van der Waals surface area contributed by atoms with Crippen molar-refractivity contribution in [2.24, 2.45) is 5.92 Å². The molecule has 1 aliphatic carbocycles. The average molecular weight is 347 g/mol. The van der Waals surface area contributed by atoms with Crippen LogP contribution in [0.3, 0.4) is 0 Å². The number of carbonyl (C=O) groups excluding carboxylic acids is 1. The second-order valence-electron chi connectivity index (χ2n) is 6.92. The predicted molar refractivity (Wildman–Crippen MR) is 91.1 cm³/mol. The van der Waals surface area contributed by atoms with Crippen LogP contribution in [0, 0.1) is 31.1 Å². The first-order valence-electron chi connectivity index (χ1n) is 8.81. The van der Waals surface area contributed by atoms with E-state index in [1.807, 2.05) is 0 Å². The van der Waals surface area contributed by atoms with Crippen LogP contribution < -0.4 is 5.32 Å². The molecule has 25 heavy (non-hydrogen) atoms. The summed E-state index contributed by atoms with van der Waals surface area (Å²) in [6, 6.07) is 2.13. The predicted octanol–water partition coefficient (Wildman–Crippen LogP) is 1.57. The van der Waals surface area contributed by atoms with Crippen molar-refractivity contribution in [2.75, 3.05) is 31.6 Å². The summed E-state index contributed by atoms with van der Waals surface area (Å²) in [7, 11) is 0. The van der Waals surface area contributed by atoms with Crippen molar-refractivity contribution in [3.05, 3.63) is 16.9 Å². The maximum Gasteiger partial charge on any atom is 0.240 e. The van der Waals surface area contributed by atoms with Crippen molar-refractivity contribution in [3.8, 4) is 6.07 Å². The lowest BCUT2D eigenvalue weighted by Gasteiger charge is -2.39. The number of rotatable bonds is 4. The van der Waals surface area contributed by atoms with Crippen molar-refractivity contribution in [2.45, 2.75) is 45.3 Å². The molecule has 1 saturated heterocycles. The lowest BCUT2D eigenvalue weighted by molar-refractivity contribution is -0.121. The molecule has 3 atom stereocenters. The molecule has 1 aromatic rings. The number of anilines is 1. The van der Waals surface area contributed by atoms with Gasteiger partial charge in [0.05, 0.1) is 25.9 Å². The summed E-state index contributed by atoms with van der Waals surface area (Å²) < 4.78 is 11.1. The van der Waals surface area contributed by atoms with Gasteiger partial charge in [-0.1, -0.05) is 6.42 Å². The first-order valence-corrected chi connectivity index (χ1v) is 8.81. The van der Waals surface area contributed by atoms with E-state index >= 15 is 0 Å². The van der Waals surface area contributed by atoms with E-state index in [2.05, 4.69) is 16.3 Å². The molecule has 1 amide bonds. The highest BCUT2D eigenvalue weighted by molar-refractivity contribution is 5.92. The smallest absolute Gasteiger partial charge is 0.240 e. The lowest BCUT2D eigenvalue weighted by Crippen LogP contribution is -2.53. The maximum absolute atomic E-state index is 12.5. The number of ether oxygens (including phenoxy) is 1. The molecule has 1 aliphatic heterocycles. The topological polar surface area (TPSA) is 98.7 Å². The molecule has 0 aromatic carbocycles. The van der Waals surface area contributed by atoms with Crippen LogP contribution in [-0.2, 0) is 9.53 Å². The second-order valence-corrected chi connectivity index (χ2v) is 6.92. The van der Waals surface area contributed by atoms with Gasteiger partial charge >= 0.3 is 0 Å². The molecule has 1 aromatic heterocycles. The first-order chi connectivity index (χ1) is 12.0. The van der Waals surface area contributed by atoms with Crippen molar-refractivity contribution in [1.29, 1.82) is 5.26 Å². The number of hydrogen-bond donors (Lipinski definition) is 2. The SMILES string of the molecule is Cc1oc(NC(=O)CN2CCOCC2C2CCCC2O)c(C#N)c1C. The number of morpholine rings is 1. The summed E-state index contributed by atoms with van der Waals surface area (Å²) in [5, 5.41) is 22.2. The number of aliphatic hydroxyl groups excluding tert-OH is 1. The molecule has 2 heterocycles. The van der Waals surface area contributed by atoms with Gasteiger partial charge in [0.15, 0.2) is 0 Å². The van der Waals surface area contributed by atoms with E-state index in [0.717, 1.165) is 24.8 Å². The van der Waals surface area contributed by atoms with E-state index in [9.17, 15) is 15.2 Å². The number of hydrogen-bond acceptors (Lipinski definition) is 6. The van der Waals surface area contributed by atoms with E-state index in [-0.39, 0.29) is 36.4 Å². The number of amides is 1. The second kappa shape index (κ2) is 7.56. The van der Waals surface area contributed by atoms with Gasteiger partial charge in [0.25, 0.3) is 0 Å². The Morgan fingerprint density at radius 1 is 1.44 bits per heavy atom. The summed E-state index contributed by atoms with van der Waals surface area (Å²) >= 11 is 0. The molecular formula is C18H25N3O4. The molecular weight excluding hydrogens is 322 g/mol. The summed E-state index contributed by atoms with van der Waals surface area (Å²) in [5.74, 6) is 0.777. The summed E-state index contributed by atoms with van der Waals surface area (Å²) in [4.78, 5) is 14.6. The molecule has 3 rings (SSSR count). The van der Waals surface area contributed by atoms with Gasteiger partial charge in [0.2, 0.25) is 11.8 Å². The summed E-state index contributed by atoms with van der Waals surface area (Å²) in [5.41, 5.74) is 1.12. The van der Waals surface area contributed by atoms with Gasteiger partial charge < -0.3 is 14.3 Å². The third-order valence-corrected chi connectivity index (χ3v) is 5.40. The molecule has 0 bridgehead atoms. The molecule has 136 valence electrons. The fourth-order valence-corrected chi connectivity index (χ4v) is 3.87. The Labute approximate surface area is 147 Å². The van der Waals surface area contributed by atoms with Gasteiger partial charge in [-0.25, -0.2) is 0 Å². The van der Waals surface area contributed by atoms with Gasteiger partial charge in [-0.15, -0.1) is 0 Å². The normalized spacial score (nSPS) is 27.2. The van der Waals surface area contributed by atoms with E-state index < -0.39 is 0 Å². The van der Waals surface area contributed by atoms with E-state index in [1.54, 1.807) is 13.8 Å². The van der Waals surface area contributed by atoms with Crippen molar-refractivity contribution in [3.63, 3.8) is 0 Å². The third kappa shape index (κ3) is 3.71. The van der Waals surface area contributed by atoms with Gasteiger partial charge in [0.1, 0.15) is 17.4 Å². The van der Waals surface area contributed by atoms with Gasteiger partial charge in [-0.3, -0.25) is 15.0 Å². The number of nitrogens with zero attached hydrogens (tertiary/aromatic N) is 2. The minimum Gasteiger partial charge on any atom is -0.444 e. The Bertz CT molecular complexity index is 679. The van der Waals surface area contributed by atoms with Gasteiger partial charge in [-0.05, 0) is 26.7 Å². The van der Waals surface area contributed by atoms with Gasteiger partial charge in [0, 0.05) is 24.1 Å². The molecule has 2 aliphatic rings. The quantitative estimate of drug-likeness (QED) is 0.858. The zero-order valence-corrected chi connectivity index (χ0v) is 14.7. The van der Waals surface area contributed by atoms with Crippen LogP contribution in [-0.4, -0.2) is 54.4 Å². The number of aliphatic hydroxyl groups is 1. The van der Waals surface area contributed by atoms with Crippen molar-refractivity contribution in [1.82, 2.24) is 4.90 Å². The minimum atomic E-state index is -0.321. The van der Waals surface area contributed by atoms with Gasteiger partial charge in [-0.2, -0.15) is 5.26 Å². The zero-order chi connectivity index (χ0) is 18.0. The first kappa shape index (κ1) is 17.9. The number of aryl methyl sites for hydroxylation is 1. The standard InChI is InChI=1S/C18H25N3O4/c1-11-12(2)25-18(14(11)8-19)20-17(23)9-21-6-7-24-10-15(21)13-4-3-5-16(13)22/h13,15-16,22H,3-7,9-10H2,1-2H3,(H,20,23). The average Bonchev–Trinajstić information content (AvgIpc) is 3.11.